The van der Waals surface area contributed by atoms with Crippen LogP contribution in [-0.4, -0.2) is 59.0 Å². The molecule has 1 aliphatic heterocycles. The molecular weight excluding hydrogens is 216 g/mol. The Balaban J connectivity index is 0.00000196. The summed E-state index contributed by atoms with van der Waals surface area (Å²) < 4.78 is 29.2. The Labute approximate surface area is 92.8 Å². The Morgan fingerprint density at radius 3 is 2.47 bits per heavy atom. The summed E-state index contributed by atoms with van der Waals surface area (Å²) in [5.74, 6) is 0. The van der Waals surface area contributed by atoms with Crippen molar-refractivity contribution in [1.82, 2.24) is 9.62 Å². The van der Waals surface area contributed by atoms with E-state index >= 15 is 0 Å². The van der Waals surface area contributed by atoms with Gasteiger partial charge in [-0.1, -0.05) is 7.43 Å². The molecule has 6 heteroatoms. The van der Waals surface area contributed by atoms with Gasteiger partial charge in [-0.3, -0.25) is 4.90 Å². The standard InChI is InChI=1S/C8H18N2O3S.CH4/c1-14(11,12)9-3-2-4-10-5-7-13-8-6-10;/h9H,2-8H2,1H3;1H4. The van der Waals surface area contributed by atoms with Crippen molar-refractivity contribution in [2.75, 3.05) is 45.6 Å². The van der Waals surface area contributed by atoms with Gasteiger partial charge in [0.2, 0.25) is 10.0 Å². The normalized spacial score (nSPS) is 18.5. The second-order valence-electron chi connectivity index (χ2n) is 3.47. The van der Waals surface area contributed by atoms with E-state index in [-0.39, 0.29) is 7.43 Å². The van der Waals surface area contributed by atoms with Crippen molar-refractivity contribution in [3.05, 3.63) is 0 Å². The largest absolute Gasteiger partial charge is 0.379 e. The fourth-order valence-corrected chi connectivity index (χ4v) is 1.90. The lowest BCUT2D eigenvalue weighted by Crippen LogP contribution is -2.38. The molecule has 1 fully saturated rings. The number of hydrogen-bond donors (Lipinski definition) is 1. The van der Waals surface area contributed by atoms with Crippen LogP contribution in [0.2, 0.25) is 0 Å². The molecule has 1 rings (SSSR count). The lowest BCUT2D eigenvalue weighted by atomic mass is 10.3. The van der Waals surface area contributed by atoms with Crippen LogP contribution < -0.4 is 4.72 Å². The maximum atomic E-state index is 10.7. The number of nitrogens with one attached hydrogen (secondary N) is 1. The fourth-order valence-electron chi connectivity index (χ4n) is 1.38. The lowest BCUT2D eigenvalue weighted by molar-refractivity contribution is 0.0376. The minimum atomic E-state index is -3.02. The topological polar surface area (TPSA) is 58.6 Å². The number of ether oxygens (including phenoxy) is 1. The molecule has 0 saturated carbocycles. The van der Waals surface area contributed by atoms with E-state index in [1.807, 2.05) is 0 Å². The Kier molecular flexibility index (Phi) is 7.08. The van der Waals surface area contributed by atoms with E-state index in [4.69, 9.17) is 4.74 Å². The number of morpholine rings is 1. The summed E-state index contributed by atoms with van der Waals surface area (Å²) in [4.78, 5) is 2.29. The molecule has 1 heterocycles. The van der Waals surface area contributed by atoms with E-state index in [0.29, 0.717) is 6.54 Å². The Morgan fingerprint density at radius 1 is 1.33 bits per heavy atom. The zero-order valence-corrected chi connectivity index (χ0v) is 9.35. The first-order valence-electron chi connectivity index (χ1n) is 4.83. The average molecular weight is 238 g/mol. The van der Waals surface area contributed by atoms with E-state index in [1.54, 1.807) is 0 Å². The van der Waals surface area contributed by atoms with Gasteiger partial charge in [-0.25, -0.2) is 13.1 Å². The van der Waals surface area contributed by atoms with Crippen LogP contribution in [0.4, 0.5) is 0 Å². The Morgan fingerprint density at radius 2 is 1.93 bits per heavy atom. The van der Waals surface area contributed by atoms with Crippen molar-refractivity contribution in [2.24, 2.45) is 0 Å². The summed E-state index contributed by atoms with van der Waals surface area (Å²) in [5.41, 5.74) is 0. The first-order chi connectivity index (χ1) is 6.58. The van der Waals surface area contributed by atoms with Gasteiger partial charge in [0.1, 0.15) is 0 Å². The van der Waals surface area contributed by atoms with Crippen LogP contribution in [-0.2, 0) is 14.8 Å². The van der Waals surface area contributed by atoms with E-state index in [1.165, 1.54) is 6.26 Å². The van der Waals surface area contributed by atoms with Crippen LogP contribution >= 0.6 is 0 Å². The fraction of sp³-hybridized carbons (Fsp3) is 1.00. The monoisotopic (exact) mass is 238 g/mol. The van der Waals surface area contributed by atoms with Gasteiger partial charge >= 0.3 is 0 Å². The highest BCUT2D eigenvalue weighted by Gasteiger charge is 2.09. The average Bonchev–Trinajstić information content (AvgIpc) is 2.13. The molecular formula is C9H22N2O3S. The van der Waals surface area contributed by atoms with Crippen LogP contribution in [0.3, 0.4) is 0 Å². The smallest absolute Gasteiger partial charge is 0.208 e. The predicted octanol–water partition coefficient (Wildman–Crippen LogP) is -0.106. The van der Waals surface area contributed by atoms with Crippen LogP contribution in [0, 0.1) is 0 Å². The Hall–Kier alpha value is -0.170. The van der Waals surface area contributed by atoms with Crippen molar-refractivity contribution in [1.29, 1.82) is 0 Å². The highest BCUT2D eigenvalue weighted by molar-refractivity contribution is 7.88. The van der Waals surface area contributed by atoms with E-state index < -0.39 is 10.0 Å². The highest BCUT2D eigenvalue weighted by Crippen LogP contribution is 1.97. The lowest BCUT2D eigenvalue weighted by Gasteiger charge is -2.26. The molecule has 0 bridgehead atoms. The maximum Gasteiger partial charge on any atom is 0.208 e. The molecule has 0 radical (unpaired) electrons. The van der Waals surface area contributed by atoms with Gasteiger partial charge in [0.25, 0.3) is 0 Å². The van der Waals surface area contributed by atoms with Crippen molar-refractivity contribution >= 4 is 10.0 Å². The summed E-state index contributed by atoms with van der Waals surface area (Å²) in [7, 11) is -3.02. The van der Waals surface area contributed by atoms with Crippen LogP contribution in [0.1, 0.15) is 13.8 Å². The molecule has 1 N–H and O–H groups in total. The maximum absolute atomic E-state index is 10.7. The van der Waals surface area contributed by atoms with Crippen LogP contribution in [0.25, 0.3) is 0 Å². The van der Waals surface area contributed by atoms with Crippen LogP contribution in [0.5, 0.6) is 0 Å². The minimum Gasteiger partial charge on any atom is -0.379 e. The molecule has 0 amide bonds. The van der Waals surface area contributed by atoms with Crippen molar-refractivity contribution in [3.63, 3.8) is 0 Å². The molecule has 15 heavy (non-hydrogen) atoms. The minimum absolute atomic E-state index is 0. The third-order valence-electron chi connectivity index (χ3n) is 2.12. The summed E-state index contributed by atoms with van der Waals surface area (Å²) in [5, 5.41) is 0. The summed E-state index contributed by atoms with van der Waals surface area (Å²) in [6.07, 6.45) is 2.04. The molecule has 0 aromatic heterocycles. The Bertz CT molecular complexity index is 248. The molecule has 0 atom stereocenters. The van der Waals surface area contributed by atoms with E-state index in [0.717, 1.165) is 39.3 Å². The van der Waals surface area contributed by atoms with Crippen molar-refractivity contribution in [2.45, 2.75) is 13.8 Å². The molecule has 1 saturated heterocycles. The second kappa shape index (κ2) is 7.16. The van der Waals surface area contributed by atoms with Crippen LogP contribution in [0.15, 0.2) is 0 Å². The van der Waals surface area contributed by atoms with E-state index in [9.17, 15) is 8.42 Å². The van der Waals surface area contributed by atoms with Gasteiger partial charge in [0, 0.05) is 19.6 Å². The molecule has 5 nitrogen and oxygen atoms in total. The molecule has 0 spiro atoms. The first kappa shape index (κ1) is 14.8. The van der Waals surface area contributed by atoms with Crippen molar-refractivity contribution in [3.8, 4) is 0 Å². The van der Waals surface area contributed by atoms with Crippen molar-refractivity contribution < 1.29 is 13.2 Å². The summed E-state index contributed by atoms with van der Waals surface area (Å²) in [6.45, 7) is 4.96. The molecule has 0 aromatic carbocycles. The zero-order chi connectivity index (χ0) is 10.4. The van der Waals surface area contributed by atoms with Gasteiger partial charge in [-0.2, -0.15) is 0 Å². The summed E-state index contributed by atoms with van der Waals surface area (Å²) >= 11 is 0. The van der Waals surface area contributed by atoms with Gasteiger partial charge < -0.3 is 4.74 Å². The molecule has 0 unspecified atom stereocenters. The van der Waals surface area contributed by atoms with Gasteiger partial charge in [-0.15, -0.1) is 0 Å². The number of rotatable bonds is 5. The predicted molar refractivity (Wildman–Crippen MR) is 61.5 cm³/mol. The van der Waals surface area contributed by atoms with Gasteiger partial charge in [0.05, 0.1) is 19.5 Å². The molecule has 92 valence electrons. The number of nitrogens with zero attached hydrogens (tertiary/aromatic N) is 1. The third kappa shape index (κ3) is 7.72. The number of hydrogen-bond acceptors (Lipinski definition) is 4. The molecule has 0 aliphatic carbocycles. The van der Waals surface area contributed by atoms with Gasteiger partial charge in [0.15, 0.2) is 0 Å². The third-order valence-corrected chi connectivity index (χ3v) is 2.85. The first-order valence-corrected chi connectivity index (χ1v) is 6.72. The van der Waals surface area contributed by atoms with E-state index in [2.05, 4.69) is 9.62 Å². The quantitative estimate of drug-likeness (QED) is 0.679. The zero-order valence-electron chi connectivity index (χ0n) is 8.53. The molecule has 0 aromatic rings. The van der Waals surface area contributed by atoms with Gasteiger partial charge in [-0.05, 0) is 13.0 Å². The molecule has 1 aliphatic rings. The number of sulfonamides is 1. The second-order valence-corrected chi connectivity index (χ2v) is 5.31. The highest BCUT2D eigenvalue weighted by atomic mass is 32.2. The summed E-state index contributed by atoms with van der Waals surface area (Å²) in [6, 6.07) is 0. The SMILES string of the molecule is C.CS(=O)(=O)NCCCN1CCOCC1.